The van der Waals surface area contributed by atoms with Crippen LogP contribution in [0.2, 0.25) is 0 Å². The van der Waals surface area contributed by atoms with Crippen molar-refractivity contribution in [2.45, 2.75) is 25.9 Å². The Balaban J connectivity index is 1.73. The molecule has 2 aromatic rings. The summed E-state index contributed by atoms with van der Waals surface area (Å²) >= 11 is 0. The fraction of sp³-hybridized carbons (Fsp3) is 0.368. The molecule has 0 unspecified atom stereocenters. The van der Waals surface area contributed by atoms with Crippen molar-refractivity contribution in [2.75, 3.05) is 19.7 Å². The Morgan fingerprint density at radius 3 is 2.72 bits per heavy atom. The molecule has 1 aromatic heterocycles. The molecule has 132 valence electrons. The maximum absolute atomic E-state index is 12.7. The van der Waals surface area contributed by atoms with Crippen molar-refractivity contribution >= 4 is 12.0 Å². The minimum Gasteiger partial charge on any atom is -0.466 e. The number of aromatic nitrogens is 1. The van der Waals surface area contributed by atoms with E-state index in [0.717, 1.165) is 17.8 Å². The van der Waals surface area contributed by atoms with Crippen molar-refractivity contribution < 1.29 is 14.3 Å². The lowest BCUT2D eigenvalue weighted by Gasteiger charge is -2.37. The summed E-state index contributed by atoms with van der Waals surface area (Å²) in [6, 6.07) is 13.8. The number of esters is 1. The predicted octanol–water partition coefficient (Wildman–Crippen LogP) is 2.56. The molecule has 2 amide bonds. The monoisotopic (exact) mass is 341 g/mol. The highest BCUT2D eigenvalue weighted by atomic mass is 16.5. The van der Waals surface area contributed by atoms with Gasteiger partial charge in [-0.05, 0) is 24.6 Å². The number of benzene rings is 1. The van der Waals surface area contributed by atoms with E-state index in [4.69, 9.17) is 4.74 Å². The minimum absolute atomic E-state index is 0.132. The smallest absolute Gasteiger partial charge is 0.318 e. The molecule has 1 atom stereocenters. The topological polar surface area (TPSA) is 63.6 Å². The number of ether oxygens (including phenoxy) is 1. The molecule has 6 heteroatoms. The van der Waals surface area contributed by atoms with Gasteiger partial charge < -0.3 is 19.5 Å². The molecule has 0 bridgehead atoms. The molecule has 1 aliphatic heterocycles. The third kappa shape index (κ3) is 3.84. The summed E-state index contributed by atoms with van der Waals surface area (Å²) < 4.78 is 7.07. The first kappa shape index (κ1) is 17.1. The summed E-state index contributed by atoms with van der Waals surface area (Å²) in [6.07, 6.45) is 2.22. The largest absolute Gasteiger partial charge is 0.466 e. The zero-order valence-corrected chi connectivity index (χ0v) is 14.4. The minimum atomic E-state index is -0.296. The van der Waals surface area contributed by atoms with Crippen LogP contribution in [0.25, 0.3) is 0 Å². The van der Waals surface area contributed by atoms with Gasteiger partial charge in [-0.1, -0.05) is 30.3 Å². The number of rotatable bonds is 5. The summed E-state index contributed by atoms with van der Waals surface area (Å²) in [7, 11) is 0. The number of carbonyl (C=O) groups is 2. The van der Waals surface area contributed by atoms with Crippen molar-refractivity contribution in [3.05, 3.63) is 59.9 Å². The van der Waals surface area contributed by atoms with Crippen LogP contribution in [0.5, 0.6) is 0 Å². The van der Waals surface area contributed by atoms with Gasteiger partial charge in [0.15, 0.2) is 0 Å². The van der Waals surface area contributed by atoms with Crippen LogP contribution in [0.1, 0.15) is 30.6 Å². The van der Waals surface area contributed by atoms with Crippen molar-refractivity contribution in [3.8, 4) is 0 Å². The highest BCUT2D eigenvalue weighted by Gasteiger charge is 2.31. The first-order valence-corrected chi connectivity index (χ1v) is 8.60. The van der Waals surface area contributed by atoms with Crippen molar-refractivity contribution in [1.82, 2.24) is 14.8 Å². The van der Waals surface area contributed by atoms with Crippen LogP contribution in [0, 0.1) is 0 Å². The van der Waals surface area contributed by atoms with Crippen LogP contribution in [0.15, 0.2) is 48.7 Å². The van der Waals surface area contributed by atoms with Gasteiger partial charge in [-0.2, -0.15) is 0 Å². The Bertz CT molecular complexity index is 727. The molecule has 0 aliphatic carbocycles. The standard InChI is InChI=1S/C19H23N3O3/c1-2-25-17(23)10-11-20-19(24)22-14-13-21-12-6-9-16(21)18(22)15-7-4-3-5-8-15/h3-9,12,18H,2,10-11,13-14H2,1H3,(H,20,24)/t18-/m0/s1. The molecule has 1 aliphatic rings. The van der Waals surface area contributed by atoms with E-state index in [2.05, 4.69) is 16.0 Å². The quantitative estimate of drug-likeness (QED) is 0.850. The molecule has 0 spiro atoms. The normalized spacial score (nSPS) is 16.2. The summed E-state index contributed by atoms with van der Waals surface area (Å²) in [5.74, 6) is -0.296. The Morgan fingerprint density at radius 1 is 1.16 bits per heavy atom. The van der Waals surface area contributed by atoms with Gasteiger partial charge in [-0.25, -0.2) is 4.79 Å². The number of urea groups is 1. The molecule has 1 aromatic carbocycles. The molecular weight excluding hydrogens is 318 g/mol. The second-order valence-corrected chi connectivity index (χ2v) is 5.92. The maximum Gasteiger partial charge on any atom is 0.318 e. The van der Waals surface area contributed by atoms with E-state index in [1.807, 2.05) is 47.5 Å². The lowest BCUT2D eigenvalue weighted by molar-refractivity contribution is -0.142. The fourth-order valence-electron chi connectivity index (χ4n) is 3.19. The van der Waals surface area contributed by atoms with Crippen LogP contribution in [0.4, 0.5) is 4.79 Å². The Morgan fingerprint density at radius 2 is 1.96 bits per heavy atom. The first-order chi connectivity index (χ1) is 12.2. The zero-order valence-electron chi connectivity index (χ0n) is 14.4. The average molecular weight is 341 g/mol. The van der Waals surface area contributed by atoms with E-state index in [0.29, 0.717) is 13.2 Å². The van der Waals surface area contributed by atoms with Gasteiger partial charge in [-0.3, -0.25) is 4.79 Å². The third-order valence-corrected chi connectivity index (χ3v) is 4.33. The van der Waals surface area contributed by atoms with Gasteiger partial charge in [0.05, 0.1) is 19.1 Å². The Kier molecular flexibility index (Phi) is 5.38. The summed E-state index contributed by atoms with van der Waals surface area (Å²) in [5, 5.41) is 2.84. The van der Waals surface area contributed by atoms with Gasteiger partial charge in [0.25, 0.3) is 0 Å². The Labute approximate surface area is 147 Å². The van der Waals surface area contributed by atoms with Crippen LogP contribution >= 0.6 is 0 Å². The second kappa shape index (κ2) is 7.88. The average Bonchev–Trinajstić information content (AvgIpc) is 3.10. The Hall–Kier alpha value is -2.76. The molecule has 0 saturated carbocycles. The van der Waals surface area contributed by atoms with Crippen LogP contribution < -0.4 is 5.32 Å². The fourth-order valence-corrected chi connectivity index (χ4v) is 3.19. The number of fused-ring (bicyclic) bond motifs is 1. The lowest BCUT2D eigenvalue weighted by atomic mass is 10.0. The number of hydrogen-bond acceptors (Lipinski definition) is 3. The summed E-state index contributed by atoms with van der Waals surface area (Å²) in [6.45, 7) is 3.77. The van der Waals surface area contributed by atoms with E-state index in [1.165, 1.54) is 0 Å². The highest BCUT2D eigenvalue weighted by Crippen LogP contribution is 2.32. The molecule has 0 fully saturated rings. The lowest BCUT2D eigenvalue weighted by Crippen LogP contribution is -2.47. The van der Waals surface area contributed by atoms with Gasteiger partial charge in [0.2, 0.25) is 0 Å². The SMILES string of the molecule is CCOC(=O)CCNC(=O)N1CCn2cccc2[C@@H]1c1ccccc1. The van der Waals surface area contributed by atoms with Crippen LogP contribution in [-0.4, -0.2) is 41.2 Å². The summed E-state index contributed by atoms with van der Waals surface area (Å²) in [4.78, 5) is 26.0. The number of hydrogen-bond donors (Lipinski definition) is 1. The molecule has 0 saturated heterocycles. The molecule has 25 heavy (non-hydrogen) atoms. The molecule has 6 nitrogen and oxygen atoms in total. The molecule has 1 N–H and O–H groups in total. The van der Waals surface area contributed by atoms with Crippen molar-refractivity contribution in [2.24, 2.45) is 0 Å². The molecule has 2 heterocycles. The van der Waals surface area contributed by atoms with Gasteiger partial charge in [-0.15, -0.1) is 0 Å². The summed E-state index contributed by atoms with van der Waals surface area (Å²) in [5.41, 5.74) is 2.17. The number of amides is 2. The van der Waals surface area contributed by atoms with E-state index in [9.17, 15) is 9.59 Å². The molecular formula is C19H23N3O3. The second-order valence-electron chi connectivity index (χ2n) is 5.92. The third-order valence-electron chi connectivity index (χ3n) is 4.33. The maximum atomic E-state index is 12.7. The van der Waals surface area contributed by atoms with Gasteiger partial charge in [0, 0.05) is 31.5 Å². The van der Waals surface area contributed by atoms with Crippen molar-refractivity contribution in [3.63, 3.8) is 0 Å². The number of carbonyl (C=O) groups excluding carboxylic acids is 2. The predicted molar refractivity (Wildman–Crippen MR) is 94.1 cm³/mol. The van der Waals surface area contributed by atoms with E-state index < -0.39 is 0 Å². The van der Waals surface area contributed by atoms with Gasteiger partial charge in [0.1, 0.15) is 0 Å². The van der Waals surface area contributed by atoms with Crippen molar-refractivity contribution in [1.29, 1.82) is 0 Å². The van der Waals surface area contributed by atoms with E-state index >= 15 is 0 Å². The molecule has 0 radical (unpaired) electrons. The number of nitrogens with zero attached hydrogens (tertiary/aromatic N) is 2. The van der Waals surface area contributed by atoms with Crippen LogP contribution in [0.3, 0.4) is 0 Å². The number of nitrogens with one attached hydrogen (secondary N) is 1. The highest BCUT2D eigenvalue weighted by molar-refractivity contribution is 5.76. The first-order valence-electron chi connectivity index (χ1n) is 8.60. The molecule has 3 rings (SSSR count). The van der Waals surface area contributed by atoms with E-state index in [-0.39, 0.29) is 31.0 Å². The van der Waals surface area contributed by atoms with Gasteiger partial charge >= 0.3 is 12.0 Å². The van der Waals surface area contributed by atoms with E-state index in [1.54, 1.807) is 6.92 Å². The zero-order chi connectivity index (χ0) is 17.6. The van der Waals surface area contributed by atoms with Crippen LogP contribution in [-0.2, 0) is 16.1 Å².